The predicted molar refractivity (Wildman–Crippen MR) is 160 cm³/mol. The maximum atomic E-state index is 15.6. The smallest absolute Gasteiger partial charge is 0.339 e. The van der Waals surface area contributed by atoms with Gasteiger partial charge in [0, 0.05) is 60.6 Å². The van der Waals surface area contributed by atoms with Crippen molar-refractivity contribution in [3.8, 4) is 16.9 Å². The summed E-state index contributed by atoms with van der Waals surface area (Å²) in [4.78, 5) is 30.6. The molecule has 0 spiro atoms. The number of pyridine rings is 1. The van der Waals surface area contributed by atoms with Crippen LogP contribution in [0.15, 0.2) is 18.2 Å². The molecule has 0 radical (unpaired) electrons. The minimum absolute atomic E-state index is 0.0145. The van der Waals surface area contributed by atoms with Gasteiger partial charge in [-0.1, -0.05) is 0 Å². The highest BCUT2D eigenvalue weighted by Gasteiger charge is 2.35. The molecule has 0 bridgehead atoms. The van der Waals surface area contributed by atoms with Crippen LogP contribution < -0.4 is 4.74 Å². The van der Waals surface area contributed by atoms with Crippen LogP contribution in [0.2, 0.25) is 0 Å². The van der Waals surface area contributed by atoms with Gasteiger partial charge < -0.3 is 23.5 Å². The highest BCUT2D eigenvalue weighted by atomic mass is 19.1. The fourth-order valence-corrected chi connectivity index (χ4v) is 5.50. The fraction of sp³-hybridized carbons (Fsp3) is 0.485. The summed E-state index contributed by atoms with van der Waals surface area (Å²) in [6, 6.07) is 3.39. The van der Waals surface area contributed by atoms with Gasteiger partial charge >= 0.3 is 5.97 Å². The van der Waals surface area contributed by atoms with E-state index < -0.39 is 23.5 Å². The molecular weight excluding hydrogens is 539 g/mol. The lowest BCUT2D eigenvalue weighted by Crippen LogP contribution is -2.29. The van der Waals surface area contributed by atoms with Crippen LogP contribution in [-0.4, -0.2) is 54.3 Å². The van der Waals surface area contributed by atoms with Gasteiger partial charge in [-0.15, -0.1) is 0 Å². The fourth-order valence-electron chi connectivity index (χ4n) is 5.50. The summed E-state index contributed by atoms with van der Waals surface area (Å²) in [5.74, 6) is -0.764. The lowest BCUT2D eigenvalue weighted by atomic mass is 9.86. The van der Waals surface area contributed by atoms with E-state index in [-0.39, 0.29) is 11.5 Å². The SMILES string of the molecule is COCCCC(=O)/C=C/c1cc2c(-c3cc(F)c4c(c3C)CCCO4)c([C@H](OC(C)(C)C)C(=O)OC)c(C)nc2n1C. The molecule has 0 fully saturated rings. The van der Waals surface area contributed by atoms with Crippen molar-refractivity contribution in [2.75, 3.05) is 27.4 Å². The molecule has 226 valence electrons. The van der Waals surface area contributed by atoms with Gasteiger partial charge in [0.2, 0.25) is 0 Å². The molecular formula is C33H41FN2O6. The topological polar surface area (TPSA) is 88.9 Å². The Morgan fingerprint density at radius 1 is 1.21 bits per heavy atom. The lowest BCUT2D eigenvalue weighted by Gasteiger charge is -2.29. The van der Waals surface area contributed by atoms with Gasteiger partial charge in [-0.05, 0) is 89.3 Å². The van der Waals surface area contributed by atoms with Crippen LogP contribution in [0, 0.1) is 19.7 Å². The normalized spacial score (nSPS) is 14.2. The first kappa shape index (κ1) is 31.4. The first-order valence-corrected chi connectivity index (χ1v) is 14.3. The van der Waals surface area contributed by atoms with Gasteiger partial charge in [0.25, 0.3) is 0 Å². The third-order valence-corrected chi connectivity index (χ3v) is 7.51. The molecule has 42 heavy (non-hydrogen) atoms. The van der Waals surface area contributed by atoms with Gasteiger partial charge in [-0.2, -0.15) is 0 Å². The Kier molecular flexibility index (Phi) is 9.53. The number of methoxy groups -OCH3 is 2. The first-order valence-electron chi connectivity index (χ1n) is 14.3. The summed E-state index contributed by atoms with van der Waals surface area (Å²) >= 11 is 0. The number of nitrogens with zero attached hydrogens (tertiary/aromatic N) is 2. The average molecular weight is 581 g/mol. The number of aryl methyl sites for hydroxylation is 2. The summed E-state index contributed by atoms with van der Waals surface area (Å²) in [7, 11) is 4.79. The summed E-state index contributed by atoms with van der Waals surface area (Å²) in [6.07, 6.45) is 4.68. The van der Waals surface area contributed by atoms with Crippen molar-refractivity contribution in [1.29, 1.82) is 0 Å². The van der Waals surface area contributed by atoms with Gasteiger partial charge in [0.1, 0.15) is 5.65 Å². The van der Waals surface area contributed by atoms with Crippen LogP contribution >= 0.6 is 0 Å². The number of aromatic nitrogens is 2. The Balaban J connectivity index is 2.02. The van der Waals surface area contributed by atoms with Crippen molar-refractivity contribution in [3.05, 3.63) is 52.1 Å². The quantitative estimate of drug-likeness (QED) is 0.157. The maximum absolute atomic E-state index is 15.6. The Morgan fingerprint density at radius 3 is 2.62 bits per heavy atom. The van der Waals surface area contributed by atoms with E-state index in [9.17, 15) is 9.59 Å². The monoisotopic (exact) mass is 580 g/mol. The second-order valence-electron chi connectivity index (χ2n) is 11.7. The first-order chi connectivity index (χ1) is 19.9. The highest BCUT2D eigenvalue weighted by molar-refractivity contribution is 6.01. The molecule has 4 rings (SSSR count). The average Bonchev–Trinajstić information content (AvgIpc) is 3.26. The van der Waals surface area contributed by atoms with Crippen molar-refractivity contribution in [2.24, 2.45) is 7.05 Å². The molecule has 9 heteroatoms. The molecule has 1 aliphatic heterocycles. The minimum Gasteiger partial charge on any atom is -0.490 e. The van der Waals surface area contributed by atoms with Crippen LogP contribution in [0.25, 0.3) is 28.2 Å². The number of ketones is 1. The molecule has 1 atom stereocenters. The van der Waals surface area contributed by atoms with E-state index >= 15 is 4.39 Å². The number of fused-ring (bicyclic) bond motifs is 2. The van der Waals surface area contributed by atoms with Gasteiger partial charge in [-0.3, -0.25) is 4.79 Å². The summed E-state index contributed by atoms with van der Waals surface area (Å²) < 4.78 is 39.8. The predicted octanol–water partition coefficient (Wildman–Crippen LogP) is 6.36. The van der Waals surface area contributed by atoms with Crippen molar-refractivity contribution in [3.63, 3.8) is 0 Å². The molecule has 0 amide bonds. The Labute approximate surface area is 246 Å². The van der Waals surface area contributed by atoms with Crippen LogP contribution in [0.5, 0.6) is 5.75 Å². The van der Waals surface area contributed by atoms with Crippen molar-refractivity contribution >= 4 is 28.9 Å². The molecule has 3 aromatic rings. The maximum Gasteiger partial charge on any atom is 0.339 e. The molecule has 0 unspecified atom stereocenters. The van der Waals surface area contributed by atoms with Crippen molar-refractivity contribution in [2.45, 2.75) is 72.0 Å². The van der Waals surface area contributed by atoms with E-state index in [1.807, 2.05) is 52.3 Å². The zero-order valence-electron chi connectivity index (χ0n) is 25.9. The largest absolute Gasteiger partial charge is 0.490 e. The number of hydrogen-bond donors (Lipinski definition) is 0. The summed E-state index contributed by atoms with van der Waals surface area (Å²) in [5.41, 5.74) is 4.69. The summed E-state index contributed by atoms with van der Waals surface area (Å²) in [6.45, 7) is 10.3. The van der Waals surface area contributed by atoms with Crippen LogP contribution in [0.4, 0.5) is 4.39 Å². The molecule has 3 heterocycles. The Bertz CT molecular complexity index is 1530. The number of halogens is 1. The van der Waals surface area contributed by atoms with Gasteiger partial charge in [0.15, 0.2) is 23.5 Å². The van der Waals surface area contributed by atoms with E-state index in [0.717, 1.165) is 23.2 Å². The Morgan fingerprint density at radius 2 is 1.95 bits per heavy atom. The molecule has 0 saturated carbocycles. The number of esters is 1. The zero-order chi connectivity index (χ0) is 30.8. The van der Waals surface area contributed by atoms with Crippen molar-refractivity contribution < 1.29 is 32.9 Å². The minimum atomic E-state index is -1.11. The molecule has 1 aliphatic rings. The molecule has 0 saturated heterocycles. The van der Waals surface area contributed by atoms with Crippen molar-refractivity contribution in [1.82, 2.24) is 9.55 Å². The lowest BCUT2D eigenvalue weighted by molar-refractivity contribution is -0.164. The van der Waals surface area contributed by atoms with E-state index in [4.69, 9.17) is 23.9 Å². The number of carbonyl (C=O) groups excluding carboxylic acids is 2. The second kappa shape index (κ2) is 12.8. The number of allylic oxidation sites excluding steroid dienone is 1. The van der Waals surface area contributed by atoms with Crippen LogP contribution in [-0.2, 0) is 37.3 Å². The Hall–Kier alpha value is -3.56. The zero-order valence-corrected chi connectivity index (χ0v) is 25.9. The number of hydrogen-bond acceptors (Lipinski definition) is 7. The number of carbonyl (C=O) groups is 2. The van der Waals surface area contributed by atoms with Gasteiger partial charge in [0.05, 0.1) is 19.3 Å². The summed E-state index contributed by atoms with van der Waals surface area (Å²) in [5, 5.41) is 0.704. The molecule has 1 aromatic carbocycles. The third kappa shape index (κ3) is 6.42. The molecule has 0 N–H and O–H groups in total. The highest BCUT2D eigenvalue weighted by Crippen LogP contribution is 2.45. The number of ether oxygens (including phenoxy) is 4. The second-order valence-corrected chi connectivity index (χ2v) is 11.7. The molecule has 0 aliphatic carbocycles. The third-order valence-electron chi connectivity index (χ3n) is 7.51. The van der Waals surface area contributed by atoms with E-state index in [1.54, 1.807) is 19.3 Å². The molecule has 8 nitrogen and oxygen atoms in total. The van der Waals surface area contributed by atoms with E-state index in [2.05, 4.69) is 0 Å². The number of benzene rings is 1. The van der Waals surface area contributed by atoms with Crippen LogP contribution in [0.1, 0.15) is 74.2 Å². The van der Waals surface area contributed by atoms with E-state index in [0.29, 0.717) is 65.9 Å². The van der Waals surface area contributed by atoms with Gasteiger partial charge in [-0.25, -0.2) is 14.2 Å². The number of rotatable bonds is 10. The molecule has 2 aromatic heterocycles. The van der Waals surface area contributed by atoms with Crippen LogP contribution in [0.3, 0.4) is 0 Å². The standard InChI is InChI=1S/C33H41FN2O6/c1-19-23-12-10-16-41-29(23)26(34)18-24(19)28-25-17-21(13-14-22(37)11-9-15-39-7)36(6)31(25)35-20(2)27(28)30(32(38)40-8)42-33(3,4)5/h13-14,17-18,30H,9-12,15-16H2,1-8H3/b14-13+/t30-/m0/s1. The van der Waals surface area contributed by atoms with E-state index in [1.165, 1.54) is 13.2 Å².